The molecular weight excluding hydrogens is 222 g/mol. The molecule has 0 radical (unpaired) electrons. The Kier molecular flexibility index (Phi) is 4.38. The first kappa shape index (κ1) is 14.3. The van der Waals surface area contributed by atoms with Gasteiger partial charge in [0.15, 0.2) is 0 Å². The topological polar surface area (TPSA) is 32.3 Å². The maximum absolute atomic E-state index is 10.6. The van der Waals surface area contributed by atoms with E-state index in [0.29, 0.717) is 17.4 Å². The van der Waals surface area contributed by atoms with Gasteiger partial charge in [-0.1, -0.05) is 33.6 Å². The van der Waals surface area contributed by atoms with Gasteiger partial charge in [-0.2, -0.15) is 0 Å². The molecule has 2 aliphatic carbocycles. The van der Waals surface area contributed by atoms with Crippen LogP contribution in [0.4, 0.5) is 0 Å². The smallest absolute Gasteiger partial charge is 0.0774 e. The monoisotopic (exact) mass is 253 g/mol. The molecule has 2 saturated carbocycles. The first-order valence-corrected chi connectivity index (χ1v) is 7.84. The van der Waals surface area contributed by atoms with Crippen molar-refractivity contribution in [3.8, 4) is 0 Å². The van der Waals surface area contributed by atoms with E-state index < -0.39 is 5.60 Å². The summed E-state index contributed by atoms with van der Waals surface area (Å²) >= 11 is 0. The largest absolute Gasteiger partial charge is 0.389 e. The van der Waals surface area contributed by atoms with Gasteiger partial charge in [-0.15, -0.1) is 0 Å². The first-order chi connectivity index (χ1) is 8.39. The molecule has 2 nitrogen and oxygen atoms in total. The maximum atomic E-state index is 10.6. The Bertz CT molecular complexity index is 266. The van der Waals surface area contributed by atoms with E-state index in [1.54, 1.807) is 0 Å². The lowest BCUT2D eigenvalue weighted by atomic mass is 9.75. The molecule has 0 aromatic rings. The van der Waals surface area contributed by atoms with E-state index >= 15 is 0 Å². The van der Waals surface area contributed by atoms with E-state index in [2.05, 4.69) is 26.1 Å². The zero-order valence-electron chi connectivity index (χ0n) is 12.5. The molecule has 0 bridgehead atoms. The Labute approximate surface area is 113 Å². The van der Waals surface area contributed by atoms with E-state index in [0.717, 1.165) is 19.4 Å². The zero-order chi connectivity index (χ0) is 13.2. The summed E-state index contributed by atoms with van der Waals surface area (Å²) in [4.78, 5) is 0. The van der Waals surface area contributed by atoms with Crippen molar-refractivity contribution in [1.82, 2.24) is 5.32 Å². The van der Waals surface area contributed by atoms with Crippen LogP contribution in [-0.2, 0) is 0 Å². The summed E-state index contributed by atoms with van der Waals surface area (Å²) in [6, 6.07) is 0.638. The number of rotatable bonds is 3. The normalized spacial score (nSPS) is 37.7. The van der Waals surface area contributed by atoms with Crippen molar-refractivity contribution in [2.45, 2.75) is 83.8 Å². The number of hydrogen-bond donors (Lipinski definition) is 2. The summed E-state index contributed by atoms with van der Waals surface area (Å²) in [6.07, 6.45) is 9.65. The average Bonchev–Trinajstić information content (AvgIpc) is 2.27. The summed E-state index contributed by atoms with van der Waals surface area (Å²) in [7, 11) is 0. The van der Waals surface area contributed by atoms with Gasteiger partial charge in [-0.05, 0) is 49.9 Å². The van der Waals surface area contributed by atoms with Crippen molar-refractivity contribution < 1.29 is 5.11 Å². The fraction of sp³-hybridized carbons (Fsp3) is 1.00. The third-order valence-corrected chi connectivity index (χ3v) is 5.13. The molecule has 0 amide bonds. The predicted octanol–water partition coefficient (Wildman–Crippen LogP) is 3.49. The van der Waals surface area contributed by atoms with Crippen molar-refractivity contribution in [3.05, 3.63) is 0 Å². The second-order valence-electron chi connectivity index (χ2n) is 7.75. The van der Waals surface area contributed by atoms with Crippen LogP contribution in [0.2, 0.25) is 0 Å². The van der Waals surface area contributed by atoms with Gasteiger partial charge in [0, 0.05) is 12.6 Å². The quantitative estimate of drug-likeness (QED) is 0.807. The minimum atomic E-state index is -0.426. The molecule has 2 rings (SSSR count). The minimum absolute atomic E-state index is 0.426. The van der Waals surface area contributed by atoms with Gasteiger partial charge in [0.1, 0.15) is 0 Å². The Morgan fingerprint density at radius 2 is 1.78 bits per heavy atom. The molecule has 0 aromatic heterocycles. The van der Waals surface area contributed by atoms with E-state index in [1.165, 1.54) is 38.5 Å². The molecule has 0 heterocycles. The van der Waals surface area contributed by atoms with Crippen LogP contribution in [-0.4, -0.2) is 23.3 Å². The lowest BCUT2D eigenvalue weighted by molar-refractivity contribution is -0.0153. The Hall–Kier alpha value is -0.0800. The first-order valence-electron chi connectivity index (χ1n) is 7.84. The van der Waals surface area contributed by atoms with Crippen LogP contribution in [0.15, 0.2) is 0 Å². The van der Waals surface area contributed by atoms with Gasteiger partial charge < -0.3 is 10.4 Å². The van der Waals surface area contributed by atoms with Crippen molar-refractivity contribution in [1.29, 1.82) is 0 Å². The summed E-state index contributed by atoms with van der Waals surface area (Å²) in [5, 5.41) is 14.3. The van der Waals surface area contributed by atoms with Gasteiger partial charge in [-0.25, -0.2) is 0 Å². The van der Waals surface area contributed by atoms with Gasteiger partial charge in [0.2, 0.25) is 0 Å². The van der Waals surface area contributed by atoms with Crippen molar-refractivity contribution in [3.63, 3.8) is 0 Å². The second-order valence-corrected chi connectivity index (χ2v) is 7.75. The summed E-state index contributed by atoms with van der Waals surface area (Å²) < 4.78 is 0. The van der Waals surface area contributed by atoms with E-state index in [1.807, 2.05) is 0 Å². The molecule has 106 valence electrons. The van der Waals surface area contributed by atoms with E-state index in [-0.39, 0.29) is 0 Å². The third-order valence-electron chi connectivity index (χ3n) is 5.13. The van der Waals surface area contributed by atoms with Crippen molar-refractivity contribution in [2.75, 3.05) is 6.54 Å². The average molecular weight is 253 g/mol. The lowest BCUT2D eigenvalue weighted by Gasteiger charge is -2.39. The van der Waals surface area contributed by atoms with Crippen molar-refractivity contribution in [2.24, 2.45) is 11.3 Å². The molecule has 0 aromatic carbocycles. The fourth-order valence-electron chi connectivity index (χ4n) is 3.73. The van der Waals surface area contributed by atoms with Gasteiger partial charge in [0.25, 0.3) is 0 Å². The zero-order valence-corrected chi connectivity index (χ0v) is 12.5. The highest BCUT2D eigenvalue weighted by molar-refractivity contribution is 4.89. The molecule has 2 heteroatoms. The highest BCUT2D eigenvalue weighted by atomic mass is 16.3. The van der Waals surface area contributed by atoms with Crippen LogP contribution in [0, 0.1) is 11.3 Å². The maximum Gasteiger partial charge on any atom is 0.0774 e. The van der Waals surface area contributed by atoms with Crippen LogP contribution in [0.3, 0.4) is 0 Å². The highest BCUT2D eigenvalue weighted by Gasteiger charge is 2.34. The van der Waals surface area contributed by atoms with Gasteiger partial charge in [-0.3, -0.25) is 0 Å². The van der Waals surface area contributed by atoms with Crippen LogP contribution in [0.25, 0.3) is 0 Å². The molecule has 18 heavy (non-hydrogen) atoms. The molecular formula is C16H31NO. The molecule has 2 unspecified atom stereocenters. The third kappa shape index (κ3) is 3.96. The van der Waals surface area contributed by atoms with Crippen molar-refractivity contribution >= 4 is 0 Å². The number of aliphatic hydroxyl groups is 1. The van der Waals surface area contributed by atoms with Crippen LogP contribution in [0.5, 0.6) is 0 Å². The summed E-state index contributed by atoms with van der Waals surface area (Å²) in [5.74, 6) is 0.691. The molecule has 2 atom stereocenters. The molecule has 0 spiro atoms. The highest BCUT2D eigenvalue weighted by Crippen LogP contribution is 2.36. The molecule has 0 aliphatic heterocycles. The Morgan fingerprint density at radius 1 is 1.11 bits per heavy atom. The molecule has 0 saturated heterocycles. The van der Waals surface area contributed by atoms with Crippen LogP contribution in [0.1, 0.15) is 72.1 Å². The molecule has 2 N–H and O–H groups in total. The summed E-state index contributed by atoms with van der Waals surface area (Å²) in [6.45, 7) is 7.83. The Balaban J connectivity index is 1.74. The number of nitrogens with one attached hydrogen (secondary N) is 1. The van der Waals surface area contributed by atoms with E-state index in [9.17, 15) is 5.11 Å². The molecule has 2 aliphatic rings. The predicted molar refractivity (Wildman–Crippen MR) is 76.6 cm³/mol. The Morgan fingerprint density at radius 3 is 2.39 bits per heavy atom. The summed E-state index contributed by atoms with van der Waals surface area (Å²) in [5.41, 5.74) is 0.110. The van der Waals surface area contributed by atoms with Gasteiger partial charge in [0.05, 0.1) is 5.60 Å². The SMILES string of the molecule is CC1CCCC(O)(CNC2CCC(C)(C)CC2)C1. The van der Waals surface area contributed by atoms with E-state index in [4.69, 9.17) is 0 Å². The van der Waals surface area contributed by atoms with Crippen LogP contribution >= 0.6 is 0 Å². The minimum Gasteiger partial charge on any atom is -0.389 e. The number of hydrogen-bond acceptors (Lipinski definition) is 2. The second kappa shape index (κ2) is 5.50. The fourth-order valence-corrected chi connectivity index (χ4v) is 3.73. The lowest BCUT2D eigenvalue weighted by Crippen LogP contribution is -2.48. The standard InChI is InChI=1S/C16H31NO/c1-13-5-4-8-16(18,11-13)12-17-14-6-9-15(2,3)10-7-14/h13-14,17-18H,4-12H2,1-3H3. The molecule has 2 fully saturated rings. The van der Waals surface area contributed by atoms with Crippen LogP contribution < -0.4 is 5.32 Å². The van der Waals surface area contributed by atoms with Gasteiger partial charge >= 0.3 is 0 Å².